The van der Waals surface area contributed by atoms with Crippen LogP contribution in [-0.4, -0.2) is 6.10 Å². The van der Waals surface area contributed by atoms with Crippen molar-refractivity contribution in [1.29, 1.82) is 0 Å². The highest BCUT2D eigenvalue weighted by atomic mass is 79.9. The fourth-order valence-corrected chi connectivity index (χ4v) is 3.54. The van der Waals surface area contributed by atoms with Crippen LogP contribution in [0.25, 0.3) is 0 Å². The van der Waals surface area contributed by atoms with Crippen molar-refractivity contribution in [1.82, 2.24) is 0 Å². The lowest BCUT2D eigenvalue weighted by molar-refractivity contribution is 0.127. The minimum absolute atomic E-state index is 0.357. The van der Waals surface area contributed by atoms with E-state index in [-0.39, 0.29) is 0 Å². The van der Waals surface area contributed by atoms with E-state index in [1.165, 1.54) is 24.8 Å². The molecular formula is C15H20BrClO. The molecule has 0 aliphatic heterocycles. The zero-order valence-corrected chi connectivity index (χ0v) is 13.4. The largest absolute Gasteiger partial charge is 0.490 e. The molecule has 1 saturated carbocycles. The molecule has 0 spiro atoms. The van der Waals surface area contributed by atoms with E-state index >= 15 is 0 Å². The van der Waals surface area contributed by atoms with Crippen LogP contribution in [-0.2, 0) is 5.88 Å². The molecular weight excluding hydrogens is 312 g/mol. The Hall–Kier alpha value is -0.210. The zero-order chi connectivity index (χ0) is 13.1. The first kappa shape index (κ1) is 14.2. The second-order valence-electron chi connectivity index (χ2n) is 5.36. The summed E-state index contributed by atoms with van der Waals surface area (Å²) in [4.78, 5) is 0. The van der Waals surface area contributed by atoms with E-state index in [1.807, 2.05) is 0 Å². The maximum Gasteiger partial charge on any atom is 0.127 e. The van der Waals surface area contributed by atoms with E-state index in [9.17, 15) is 0 Å². The van der Waals surface area contributed by atoms with Crippen LogP contribution in [0.4, 0.5) is 0 Å². The van der Waals surface area contributed by atoms with Crippen LogP contribution < -0.4 is 4.74 Å². The molecule has 0 radical (unpaired) electrons. The average molecular weight is 332 g/mol. The van der Waals surface area contributed by atoms with Crippen molar-refractivity contribution < 1.29 is 4.74 Å². The first-order chi connectivity index (χ1) is 8.60. The number of benzene rings is 1. The second kappa shape index (κ2) is 6.29. The summed E-state index contributed by atoms with van der Waals surface area (Å²) in [6.45, 7) is 4.40. The first-order valence-electron chi connectivity index (χ1n) is 6.61. The normalized spacial score (nSPS) is 24.0. The van der Waals surface area contributed by atoms with Crippen LogP contribution in [0.3, 0.4) is 0 Å². The number of hydrogen-bond donors (Lipinski definition) is 0. The second-order valence-corrected chi connectivity index (χ2v) is 6.54. The van der Waals surface area contributed by atoms with Gasteiger partial charge in [-0.05, 0) is 49.8 Å². The minimum Gasteiger partial charge on any atom is -0.490 e. The molecule has 1 nitrogen and oxygen atoms in total. The van der Waals surface area contributed by atoms with E-state index in [0.717, 1.165) is 28.1 Å². The molecule has 2 rings (SSSR count). The Balaban J connectivity index is 2.17. The Morgan fingerprint density at radius 3 is 2.83 bits per heavy atom. The van der Waals surface area contributed by atoms with Gasteiger partial charge in [-0.15, -0.1) is 11.6 Å². The van der Waals surface area contributed by atoms with Gasteiger partial charge in [0.2, 0.25) is 0 Å². The standard InChI is InChI=1S/C15H20BrClO/c1-10-4-3-5-14(6-10)18-15-11(2)7-13(16)8-12(15)9-17/h7-8,10,14H,3-6,9H2,1-2H3. The molecule has 1 aromatic rings. The smallest absolute Gasteiger partial charge is 0.127 e. The molecule has 100 valence electrons. The van der Waals surface area contributed by atoms with Gasteiger partial charge in [0.1, 0.15) is 5.75 Å². The van der Waals surface area contributed by atoms with Gasteiger partial charge in [-0.2, -0.15) is 0 Å². The van der Waals surface area contributed by atoms with Crippen molar-refractivity contribution in [2.24, 2.45) is 5.92 Å². The molecule has 2 atom stereocenters. The number of aryl methyl sites for hydroxylation is 1. The first-order valence-corrected chi connectivity index (χ1v) is 7.94. The SMILES string of the molecule is Cc1cc(Br)cc(CCl)c1OC1CCCC(C)C1. The fraction of sp³-hybridized carbons (Fsp3) is 0.600. The maximum atomic E-state index is 6.23. The van der Waals surface area contributed by atoms with E-state index < -0.39 is 0 Å². The van der Waals surface area contributed by atoms with Crippen LogP contribution >= 0.6 is 27.5 Å². The minimum atomic E-state index is 0.357. The Morgan fingerprint density at radius 2 is 2.17 bits per heavy atom. The molecule has 1 aromatic carbocycles. The molecule has 0 heterocycles. The lowest BCUT2D eigenvalue weighted by Gasteiger charge is -2.29. The molecule has 0 N–H and O–H groups in total. The van der Waals surface area contributed by atoms with Gasteiger partial charge in [0.25, 0.3) is 0 Å². The Morgan fingerprint density at radius 1 is 1.39 bits per heavy atom. The summed E-state index contributed by atoms with van der Waals surface area (Å²) >= 11 is 9.53. The molecule has 0 bridgehead atoms. The zero-order valence-electron chi connectivity index (χ0n) is 11.0. The molecule has 3 heteroatoms. The molecule has 0 aromatic heterocycles. The average Bonchev–Trinajstić information content (AvgIpc) is 2.32. The maximum absolute atomic E-state index is 6.23. The summed E-state index contributed by atoms with van der Waals surface area (Å²) < 4.78 is 7.30. The van der Waals surface area contributed by atoms with Gasteiger partial charge < -0.3 is 4.74 Å². The monoisotopic (exact) mass is 330 g/mol. The highest BCUT2D eigenvalue weighted by Gasteiger charge is 2.22. The van der Waals surface area contributed by atoms with Crippen LogP contribution in [0.1, 0.15) is 43.7 Å². The van der Waals surface area contributed by atoms with Gasteiger partial charge >= 0.3 is 0 Å². The number of halogens is 2. The Labute approximate surface area is 123 Å². The third kappa shape index (κ3) is 3.42. The van der Waals surface area contributed by atoms with Crippen molar-refractivity contribution in [3.8, 4) is 5.75 Å². The third-order valence-corrected chi connectivity index (χ3v) is 4.38. The quantitative estimate of drug-likeness (QED) is 0.669. The lowest BCUT2D eigenvalue weighted by Crippen LogP contribution is -2.24. The van der Waals surface area contributed by atoms with Gasteiger partial charge in [-0.3, -0.25) is 0 Å². The topological polar surface area (TPSA) is 9.23 Å². The predicted octanol–water partition coefficient (Wildman–Crippen LogP) is 5.45. The summed E-state index contributed by atoms with van der Waals surface area (Å²) in [5.74, 6) is 2.27. The number of alkyl halides is 1. The molecule has 0 amide bonds. The fourth-order valence-electron chi connectivity index (χ4n) is 2.72. The molecule has 18 heavy (non-hydrogen) atoms. The Bertz CT molecular complexity index is 419. The molecule has 1 fully saturated rings. The summed E-state index contributed by atoms with van der Waals surface area (Å²) in [6.07, 6.45) is 5.30. The van der Waals surface area contributed by atoms with Gasteiger partial charge in [-0.25, -0.2) is 0 Å². The number of ether oxygens (including phenoxy) is 1. The molecule has 0 saturated heterocycles. The van der Waals surface area contributed by atoms with Crippen molar-refractivity contribution in [2.75, 3.05) is 0 Å². The molecule has 2 unspecified atom stereocenters. The Kier molecular flexibility index (Phi) is 4.97. The van der Waals surface area contributed by atoms with Gasteiger partial charge in [0, 0.05) is 10.0 Å². The van der Waals surface area contributed by atoms with Gasteiger partial charge in [0.15, 0.2) is 0 Å². The van der Waals surface area contributed by atoms with E-state index in [4.69, 9.17) is 16.3 Å². The van der Waals surface area contributed by atoms with Crippen LogP contribution in [0, 0.1) is 12.8 Å². The summed E-state index contributed by atoms with van der Waals surface area (Å²) in [6, 6.07) is 4.15. The van der Waals surface area contributed by atoms with Crippen LogP contribution in [0.2, 0.25) is 0 Å². The summed E-state index contributed by atoms with van der Waals surface area (Å²) in [5, 5.41) is 0. The summed E-state index contributed by atoms with van der Waals surface area (Å²) in [5.41, 5.74) is 2.25. The van der Waals surface area contributed by atoms with Crippen molar-refractivity contribution >= 4 is 27.5 Å². The highest BCUT2D eigenvalue weighted by Crippen LogP contribution is 2.33. The van der Waals surface area contributed by atoms with E-state index in [0.29, 0.717) is 12.0 Å². The number of hydrogen-bond acceptors (Lipinski definition) is 1. The summed E-state index contributed by atoms with van der Waals surface area (Å²) in [7, 11) is 0. The van der Waals surface area contributed by atoms with Gasteiger partial charge in [0.05, 0.1) is 12.0 Å². The van der Waals surface area contributed by atoms with Gasteiger partial charge in [-0.1, -0.05) is 29.3 Å². The van der Waals surface area contributed by atoms with Crippen molar-refractivity contribution in [3.63, 3.8) is 0 Å². The van der Waals surface area contributed by atoms with Crippen LogP contribution in [0.5, 0.6) is 5.75 Å². The van der Waals surface area contributed by atoms with E-state index in [1.54, 1.807) is 0 Å². The third-order valence-electron chi connectivity index (χ3n) is 3.63. The van der Waals surface area contributed by atoms with Crippen molar-refractivity contribution in [2.45, 2.75) is 51.5 Å². The van der Waals surface area contributed by atoms with E-state index in [2.05, 4.69) is 41.9 Å². The highest BCUT2D eigenvalue weighted by molar-refractivity contribution is 9.10. The molecule has 1 aliphatic rings. The lowest BCUT2D eigenvalue weighted by atomic mass is 9.88. The van der Waals surface area contributed by atoms with Crippen molar-refractivity contribution in [3.05, 3.63) is 27.7 Å². The van der Waals surface area contributed by atoms with Crippen LogP contribution in [0.15, 0.2) is 16.6 Å². The number of rotatable bonds is 3. The molecule has 1 aliphatic carbocycles. The predicted molar refractivity (Wildman–Crippen MR) is 80.5 cm³/mol.